The van der Waals surface area contributed by atoms with E-state index in [1.165, 1.54) is 0 Å². The van der Waals surface area contributed by atoms with E-state index in [1.807, 2.05) is 41.5 Å². The zero-order valence-corrected chi connectivity index (χ0v) is 23.0. The van der Waals surface area contributed by atoms with Crippen molar-refractivity contribution in [1.82, 2.24) is 0 Å². The number of carbonyl (C=O) groups excluding carboxylic acids is 4. The number of Topliss-reactive ketones (excluding diaryl/α,β-unsaturated/α-hetero) is 2. The Kier molecular flexibility index (Phi) is 18.3. The summed E-state index contributed by atoms with van der Waals surface area (Å²) in [5.41, 5.74) is -0.895. The molecule has 0 radical (unpaired) electrons. The molecule has 0 aliphatic rings. The van der Waals surface area contributed by atoms with Crippen LogP contribution in [-0.4, -0.2) is 89.6 Å². The van der Waals surface area contributed by atoms with Gasteiger partial charge in [0.15, 0.2) is 0 Å². The van der Waals surface area contributed by atoms with E-state index < -0.39 is 22.8 Å². The first kappa shape index (κ1) is 34.1. The molecule has 0 aromatic rings. The Labute approximate surface area is 215 Å². The van der Waals surface area contributed by atoms with Gasteiger partial charge < -0.3 is 28.4 Å². The maximum Gasteiger partial charge on any atom is 0.306 e. The third-order valence-corrected chi connectivity index (χ3v) is 4.88. The average molecular weight is 519 g/mol. The lowest BCUT2D eigenvalue weighted by molar-refractivity contribution is -0.147. The molecule has 0 saturated carbocycles. The highest BCUT2D eigenvalue weighted by atomic mass is 16.6. The van der Waals surface area contributed by atoms with Crippen LogP contribution in [0.4, 0.5) is 0 Å². The number of esters is 2. The van der Waals surface area contributed by atoms with E-state index in [2.05, 4.69) is 0 Å². The Balaban J connectivity index is 3.37. The highest BCUT2D eigenvalue weighted by molar-refractivity contribution is 5.87. The molecule has 0 saturated heterocycles. The van der Waals surface area contributed by atoms with Crippen molar-refractivity contribution in [2.75, 3.05) is 66.1 Å². The number of hydrogen-bond acceptors (Lipinski definition) is 10. The van der Waals surface area contributed by atoms with Gasteiger partial charge in [-0.25, -0.2) is 0 Å². The molecule has 36 heavy (non-hydrogen) atoms. The minimum Gasteiger partial charge on any atom is -0.463 e. The number of carbonyl (C=O) groups is 4. The minimum absolute atomic E-state index is 0.0324. The van der Waals surface area contributed by atoms with Crippen LogP contribution in [0.3, 0.4) is 0 Å². The van der Waals surface area contributed by atoms with Gasteiger partial charge in [-0.05, 0) is 0 Å². The first-order chi connectivity index (χ1) is 16.8. The van der Waals surface area contributed by atoms with Crippen molar-refractivity contribution in [3.63, 3.8) is 0 Å². The molecule has 0 aliphatic heterocycles. The van der Waals surface area contributed by atoms with Crippen molar-refractivity contribution in [2.45, 2.75) is 67.2 Å². The van der Waals surface area contributed by atoms with E-state index in [9.17, 15) is 19.2 Å². The smallest absolute Gasteiger partial charge is 0.306 e. The van der Waals surface area contributed by atoms with Crippen molar-refractivity contribution in [3.05, 3.63) is 0 Å². The average Bonchev–Trinajstić information content (AvgIpc) is 2.79. The second kappa shape index (κ2) is 19.3. The van der Waals surface area contributed by atoms with Gasteiger partial charge in [0.2, 0.25) is 0 Å². The van der Waals surface area contributed by atoms with Crippen molar-refractivity contribution < 1.29 is 47.6 Å². The first-order valence-electron chi connectivity index (χ1n) is 12.5. The summed E-state index contributed by atoms with van der Waals surface area (Å²) in [4.78, 5) is 46.7. The van der Waals surface area contributed by atoms with Crippen LogP contribution in [0.25, 0.3) is 0 Å². The second-order valence-corrected chi connectivity index (χ2v) is 10.2. The summed E-state index contributed by atoms with van der Waals surface area (Å²) in [6.07, 6.45) is 0.531. The fourth-order valence-corrected chi connectivity index (χ4v) is 2.52. The Morgan fingerprint density at radius 2 is 0.667 bits per heavy atom. The van der Waals surface area contributed by atoms with Crippen molar-refractivity contribution in [2.24, 2.45) is 10.8 Å². The Bertz CT molecular complexity index is 590. The molecule has 0 amide bonds. The van der Waals surface area contributed by atoms with Crippen LogP contribution >= 0.6 is 0 Å². The van der Waals surface area contributed by atoms with Crippen LogP contribution in [0.5, 0.6) is 0 Å². The van der Waals surface area contributed by atoms with Gasteiger partial charge in [-0.3, -0.25) is 19.2 Å². The maximum absolute atomic E-state index is 11.8. The lowest BCUT2D eigenvalue weighted by atomic mass is 9.88. The molecule has 0 aromatic heterocycles. The van der Waals surface area contributed by atoms with Gasteiger partial charge in [-0.1, -0.05) is 41.5 Å². The number of ketones is 2. The third-order valence-electron chi connectivity index (χ3n) is 4.88. The van der Waals surface area contributed by atoms with E-state index in [0.29, 0.717) is 39.6 Å². The monoisotopic (exact) mass is 518 g/mol. The highest BCUT2D eigenvalue weighted by Crippen LogP contribution is 2.18. The first-order valence-corrected chi connectivity index (χ1v) is 12.5. The molecule has 0 aliphatic carbocycles. The normalized spacial score (nSPS) is 11.8. The van der Waals surface area contributed by atoms with Crippen LogP contribution in [-0.2, 0) is 47.6 Å². The Morgan fingerprint density at radius 3 is 0.917 bits per heavy atom. The van der Waals surface area contributed by atoms with Crippen LogP contribution < -0.4 is 0 Å². The molecule has 0 spiro atoms. The summed E-state index contributed by atoms with van der Waals surface area (Å²) in [5, 5.41) is 0. The quantitative estimate of drug-likeness (QED) is 0.165. The second-order valence-electron chi connectivity index (χ2n) is 10.2. The van der Waals surface area contributed by atoms with E-state index in [1.54, 1.807) is 0 Å². The topological polar surface area (TPSA) is 124 Å². The number of rotatable bonds is 21. The molecule has 0 atom stereocenters. The fourth-order valence-electron chi connectivity index (χ4n) is 2.52. The molecule has 0 bridgehead atoms. The van der Waals surface area contributed by atoms with E-state index in [-0.39, 0.29) is 63.7 Å². The molecule has 0 heterocycles. The van der Waals surface area contributed by atoms with Gasteiger partial charge in [0.05, 0.1) is 65.7 Å². The number of hydrogen-bond donors (Lipinski definition) is 0. The van der Waals surface area contributed by atoms with Crippen molar-refractivity contribution >= 4 is 23.5 Å². The Morgan fingerprint density at radius 1 is 0.417 bits per heavy atom. The summed E-state index contributed by atoms with van der Waals surface area (Å²) >= 11 is 0. The summed E-state index contributed by atoms with van der Waals surface area (Å²) in [6, 6.07) is 0. The standard InChI is InChI=1S/C26H46O10/c1-25(2,3)21(27)7-9-23(29)35-19-17-33-15-13-31-11-12-32-14-16-34-18-20-36-24(30)10-8-22(28)26(4,5)6/h7-20H2,1-6H3. The van der Waals surface area contributed by atoms with Gasteiger partial charge in [-0.15, -0.1) is 0 Å². The molecule has 0 aromatic carbocycles. The van der Waals surface area contributed by atoms with Crippen LogP contribution in [0.15, 0.2) is 0 Å². The number of ether oxygens (including phenoxy) is 6. The van der Waals surface area contributed by atoms with Crippen molar-refractivity contribution in [3.8, 4) is 0 Å². The van der Waals surface area contributed by atoms with Crippen LogP contribution in [0.1, 0.15) is 67.2 Å². The summed E-state index contributed by atoms with van der Waals surface area (Å²) in [5.74, 6) is -0.743. The van der Waals surface area contributed by atoms with Gasteiger partial charge >= 0.3 is 11.9 Å². The molecule has 210 valence electrons. The molecule has 0 rings (SSSR count). The molecule has 10 heteroatoms. The van der Waals surface area contributed by atoms with Gasteiger partial charge in [0, 0.05) is 23.7 Å². The SMILES string of the molecule is CC(C)(C)C(=O)CCC(=O)OCCOCCOCCOCCOCCOC(=O)CCC(=O)C(C)(C)C. The van der Waals surface area contributed by atoms with Gasteiger partial charge in [0.1, 0.15) is 24.8 Å². The molecule has 0 fully saturated rings. The van der Waals surface area contributed by atoms with Crippen LogP contribution in [0.2, 0.25) is 0 Å². The summed E-state index contributed by atoms with van der Waals surface area (Å²) in [6.45, 7) is 14.1. The predicted molar refractivity (Wildman–Crippen MR) is 133 cm³/mol. The minimum atomic E-state index is -0.448. The summed E-state index contributed by atoms with van der Waals surface area (Å²) < 4.78 is 31.4. The maximum atomic E-state index is 11.8. The third kappa shape index (κ3) is 20.3. The Hall–Kier alpha value is -1.88. The highest BCUT2D eigenvalue weighted by Gasteiger charge is 2.22. The molecule has 0 unspecified atom stereocenters. The molecule has 0 N–H and O–H groups in total. The largest absolute Gasteiger partial charge is 0.463 e. The van der Waals surface area contributed by atoms with Gasteiger partial charge in [-0.2, -0.15) is 0 Å². The van der Waals surface area contributed by atoms with Crippen molar-refractivity contribution in [1.29, 1.82) is 0 Å². The zero-order chi connectivity index (χ0) is 27.5. The molecular formula is C26H46O10. The zero-order valence-electron chi connectivity index (χ0n) is 23.0. The summed E-state index contributed by atoms with van der Waals surface area (Å²) in [7, 11) is 0. The van der Waals surface area contributed by atoms with E-state index in [4.69, 9.17) is 28.4 Å². The van der Waals surface area contributed by atoms with Crippen LogP contribution in [0, 0.1) is 10.8 Å². The van der Waals surface area contributed by atoms with E-state index in [0.717, 1.165) is 0 Å². The van der Waals surface area contributed by atoms with E-state index >= 15 is 0 Å². The lowest BCUT2D eigenvalue weighted by Gasteiger charge is -2.15. The fraction of sp³-hybridized carbons (Fsp3) is 0.846. The molecular weight excluding hydrogens is 472 g/mol. The molecule has 10 nitrogen and oxygen atoms in total. The predicted octanol–water partition coefficient (Wildman–Crippen LogP) is 2.93. The van der Waals surface area contributed by atoms with Gasteiger partial charge in [0.25, 0.3) is 0 Å². The lowest BCUT2D eigenvalue weighted by Crippen LogP contribution is -2.21.